The molecule has 84 valence electrons. The van der Waals surface area contributed by atoms with Crippen molar-refractivity contribution < 1.29 is 13.2 Å². The van der Waals surface area contributed by atoms with Crippen LogP contribution in [0.15, 0.2) is 12.5 Å². The molecular formula is C9H12F3N3. The van der Waals surface area contributed by atoms with Crippen molar-refractivity contribution in [2.45, 2.75) is 31.1 Å². The van der Waals surface area contributed by atoms with Gasteiger partial charge in [0.2, 0.25) is 0 Å². The Bertz CT molecular complexity index is 341. The first kappa shape index (κ1) is 10.5. The first-order valence-electron chi connectivity index (χ1n) is 4.79. The maximum Gasteiger partial charge on any atom is 0.409 e. The van der Waals surface area contributed by atoms with Crippen LogP contribution < -0.4 is 5.32 Å². The normalized spacial score (nSPS) is 19.2. The molecule has 1 aromatic rings. The molecule has 15 heavy (non-hydrogen) atoms. The van der Waals surface area contributed by atoms with Crippen LogP contribution in [0.2, 0.25) is 0 Å². The Morgan fingerprint density at radius 2 is 2.20 bits per heavy atom. The van der Waals surface area contributed by atoms with Gasteiger partial charge in [0, 0.05) is 6.04 Å². The minimum atomic E-state index is -4.28. The summed E-state index contributed by atoms with van der Waals surface area (Å²) in [6.07, 6.45) is 0.368. The van der Waals surface area contributed by atoms with Crippen LogP contribution in [0.25, 0.3) is 0 Å². The highest BCUT2D eigenvalue weighted by molar-refractivity contribution is 5.11. The first-order chi connectivity index (χ1) is 7.04. The molecular weight excluding hydrogens is 207 g/mol. The van der Waals surface area contributed by atoms with Gasteiger partial charge >= 0.3 is 6.18 Å². The van der Waals surface area contributed by atoms with Gasteiger partial charge in [0.05, 0.1) is 18.2 Å². The quantitative estimate of drug-likeness (QED) is 0.843. The van der Waals surface area contributed by atoms with E-state index in [9.17, 15) is 13.2 Å². The molecule has 0 bridgehead atoms. The first-order valence-corrected chi connectivity index (χ1v) is 4.79. The van der Waals surface area contributed by atoms with E-state index in [-0.39, 0.29) is 11.7 Å². The highest BCUT2D eigenvalue weighted by Gasteiger charge is 2.42. The van der Waals surface area contributed by atoms with Crippen LogP contribution in [0.4, 0.5) is 13.2 Å². The summed E-state index contributed by atoms with van der Waals surface area (Å²) in [5, 5.41) is 2.28. The van der Waals surface area contributed by atoms with E-state index >= 15 is 0 Å². The van der Waals surface area contributed by atoms with E-state index in [1.54, 1.807) is 4.57 Å². The Labute approximate surface area is 85.3 Å². The lowest BCUT2D eigenvalue weighted by Crippen LogP contribution is -2.33. The molecule has 1 fully saturated rings. The van der Waals surface area contributed by atoms with Crippen LogP contribution in [-0.2, 0) is 0 Å². The van der Waals surface area contributed by atoms with Gasteiger partial charge in [-0.2, -0.15) is 13.2 Å². The maximum atomic E-state index is 12.6. The molecule has 1 saturated carbocycles. The van der Waals surface area contributed by atoms with Crippen LogP contribution in [0.1, 0.15) is 30.6 Å². The number of alkyl halides is 3. The number of halogens is 3. The molecule has 2 rings (SSSR count). The van der Waals surface area contributed by atoms with E-state index in [1.165, 1.54) is 19.6 Å². The number of hydrogen-bond donors (Lipinski definition) is 1. The van der Waals surface area contributed by atoms with Gasteiger partial charge in [0.15, 0.2) is 0 Å². The summed E-state index contributed by atoms with van der Waals surface area (Å²) < 4.78 is 39.6. The summed E-state index contributed by atoms with van der Waals surface area (Å²) >= 11 is 0. The fourth-order valence-electron chi connectivity index (χ4n) is 1.68. The minimum absolute atomic E-state index is 0.201. The molecule has 0 aromatic carbocycles. The SMILES string of the molecule is CNC(c1cncn1C1CC1)C(F)(F)F. The van der Waals surface area contributed by atoms with Crippen LogP contribution in [0.5, 0.6) is 0 Å². The molecule has 1 N–H and O–H groups in total. The predicted octanol–water partition coefficient (Wildman–Crippen LogP) is 2.04. The molecule has 1 atom stereocenters. The third kappa shape index (κ3) is 1.99. The van der Waals surface area contributed by atoms with E-state index in [1.807, 2.05) is 0 Å². The van der Waals surface area contributed by atoms with Crippen molar-refractivity contribution in [3.05, 3.63) is 18.2 Å². The van der Waals surface area contributed by atoms with E-state index in [0.717, 1.165) is 12.8 Å². The van der Waals surface area contributed by atoms with Gasteiger partial charge < -0.3 is 9.88 Å². The number of aromatic nitrogens is 2. The van der Waals surface area contributed by atoms with Crippen molar-refractivity contribution in [1.29, 1.82) is 0 Å². The van der Waals surface area contributed by atoms with Crippen LogP contribution in [0.3, 0.4) is 0 Å². The molecule has 0 radical (unpaired) electrons. The lowest BCUT2D eigenvalue weighted by molar-refractivity contribution is -0.157. The van der Waals surface area contributed by atoms with Crippen molar-refractivity contribution in [1.82, 2.24) is 14.9 Å². The van der Waals surface area contributed by atoms with Crippen molar-refractivity contribution >= 4 is 0 Å². The highest BCUT2D eigenvalue weighted by Crippen LogP contribution is 2.40. The molecule has 1 aromatic heterocycles. The van der Waals surface area contributed by atoms with Gasteiger partial charge in [0.25, 0.3) is 0 Å². The Balaban J connectivity index is 2.29. The smallest absolute Gasteiger partial charge is 0.330 e. The standard InChI is InChI=1S/C9H12F3N3/c1-13-8(9(10,11)12)7-4-14-5-15(7)6-2-3-6/h4-6,8,13H,2-3H2,1H3. The molecule has 3 nitrogen and oxygen atoms in total. The summed E-state index contributed by atoms with van der Waals surface area (Å²) in [6.45, 7) is 0. The molecule has 1 heterocycles. The fraction of sp³-hybridized carbons (Fsp3) is 0.667. The van der Waals surface area contributed by atoms with Crippen LogP contribution >= 0.6 is 0 Å². The van der Waals surface area contributed by atoms with Gasteiger partial charge in [-0.25, -0.2) is 4.98 Å². The van der Waals surface area contributed by atoms with Gasteiger partial charge in [-0.1, -0.05) is 0 Å². The van der Waals surface area contributed by atoms with Crippen LogP contribution in [0, 0.1) is 0 Å². The van der Waals surface area contributed by atoms with E-state index in [0.29, 0.717) is 0 Å². The zero-order valence-electron chi connectivity index (χ0n) is 8.25. The number of nitrogens with zero attached hydrogens (tertiary/aromatic N) is 2. The lowest BCUT2D eigenvalue weighted by Gasteiger charge is -2.20. The number of nitrogens with one attached hydrogen (secondary N) is 1. The summed E-state index contributed by atoms with van der Waals surface area (Å²) in [4.78, 5) is 3.79. The Kier molecular flexibility index (Phi) is 2.46. The summed E-state index contributed by atoms with van der Waals surface area (Å²) in [6, 6.07) is -1.42. The third-order valence-corrected chi connectivity index (χ3v) is 2.55. The Hall–Kier alpha value is -1.04. The van der Waals surface area contributed by atoms with Gasteiger partial charge in [-0.05, 0) is 19.9 Å². The van der Waals surface area contributed by atoms with Gasteiger partial charge in [0.1, 0.15) is 6.04 Å². The predicted molar refractivity (Wildman–Crippen MR) is 48.4 cm³/mol. The largest absolute Gasteiger partial charge is 0.409 e. The average molecular weight is 219 g/mol. The van der Waals surface area contributed by atoms with Crippen LogP contribution in [-0.4, -0.2) is 22.8 Å². The topological polar surface area (TPSA) is 29.9 Å². The fourth-order valence-corrected chi connectivity index (χ4v) is 1.68. The summed E-state index contributed by atoms with van der Waals surface area (Å²) in [5.41, 5.74) is 0.201. The monoisotopic (exact) mass is 219 g/mol. The molecule has 0 amide bonds. The van der Waals surface area contributed by atoms with Crippen molar-refractivity contribution in [2.75, 3.05) is 7.05 Å². The van der Waals surface area contributed by atoms with Crippen molar-refractivity contribution in [3.8, 4) is 0 Å². The second-order valence-corrected chi connectivity index (χ2v) is 3.72. The molecule has 6 heteroatoms. The summed E-state index contributed by atoms with van der Waals surface area (Å²) in [7, 11) is 1.31. The molecule has 0 saturated heterocycles. The van der Waals surface area contributed by atoms with Crippen molar-refractivity contribution in [2.24, 2.45) is 0 Å². The Morgan fingerprint density at radius 1 is 1.53 bits per heavy atom. The second-order valence-electron chi connectivity index (χ2n) is 3.72. The molecule has 0 spiro atoms. The minimum Gasteiger partial charge on any atom is -0.330 e. The van der Waals surface area contributed by atoms with E-state index in [4.69, 9.17) is 0 Å². The van der Waals surface area contributed by atoms with Gasteiger partial charge in [-0.3, -0.25) is 0 Å². The van der Waals surface area contributed by atoms with Crippen molar-refractivity contribution in [3.63, 3.8) is 0 Å². The maximum absolute atomic E-state index is 12.6. The molecule has 1 aliphatic carbocycles. The Morgan fingerprint density at radius 3 is 2.67 bits per heavy atom. The zero-order valence-corrected chi connectivity index (χ0v) is 8.25. The van der Waals surface area contributed by atoms with Gasteiger partial charge in [-0.15, -0.1) is 0 Å². The van der Waals surface area contributed by atoms with E-state index in [2.05, 4.69) is 10.3 Å². The summed E-state index contributed by atoms with van der Waals surface area (Å²) in [5.74, 6) is 0. The second kappa shape index (κ2) is 3.52. The number of rotatable bonds is 3. The molecule has 0 aliphatic heterocycles. The van der Waals surface area contributed by atoms with E-state index < -0.39 is 12.2 Å². The average Bonchev–Trinajstić information content (AvgIpc) is 2.86. The lowest BCUT2D eigenvalue weighted by atomic mass is 10.2. The molecule has 1 aliphatic rings. The highest BCUT2D eigenvalue weighted by atomic mass is 19.4. The number of hydrogen-bond acceptors (Lipinski definition) is 2. The third-order valence-electron chi connectivity index (χ3n) is 2.55. The molecule has 1 unspecified atom stereocenters. The zero-order chi connectivity index (χ0) is 11.1. The number of imidazole rings is 1.